The maximum Gasteiger partial charge on any atom is 0.337 e. The molecule has 0 amide bonds. The zero-order valence-electron chi connectivity index (χ0n) is 11.6. The summed E-state index contributed by atoms with van der Waals surface area (Å²) in [5, 5.41) is 9.76. The number of carbonyl (C=O) groups is 2. The Morgan fingerprint density at radius 3 is 2.41 bits per heavy atom. The number of carboxylic acids is 1. The third kappa shape index (κ3) is 2.56. The third-order valence-corrected chi connectivity index (χ3v) is 3.32. The van der Waals surface area contributed by atoms with E-state index in [9.17, 15) is 14.7 Å². The Balaban J connectivity index is 1.89. The molecule has 5 nitrogen and oxygen atoms in total. The fourth-order valence-corrected chi connectivity index (χ4v) is 2.29. The van der Waals surface area contributed by atoms with Gasteiger partial charge < -0.3 is 9.84 Å². The Bertz CT molecular complexity index is 836. The summed E-state index contributed by atoms with van der Waals surface area (Å²) in [7, 11) is 0. The summed E-state index contributed by atoms with van der Waals surface area (Å²) in [4.78, 5) is 23.6. The van der Waals surface area contributed by atoms with Crippen LogP contribution in [-0.4, -0.2) is 28.2 Å². The number of para-hydroxylation sites is 2. The first-order chi connectivity index (χ1) is 10.7. The number of nitrogens with zero attached hydrogens (tertiary/aromatic N) is 1. The van der Waals surface area contributed by atoms with Crippen molar-refractivity contribution in [1.82, 2.24) is 4.57 Å². The third-order valence-electron chi connectivity index (χ3n) is 3.32. The second-order valence-corrected chi connectivity index (χ2v) is 4.73. The lowest BCUT2D eigenvalue weighted by Crippen LogP contribution is -2.18. The average molecular weight is 295 g/mol. The predicted octanol–water partition coefficient (Wildman–Crippen LogP) is 3.06. The normalized spacial score (nSPS) is 10.5. The van der Waals surface area contributed by atoms with E-state index in [1.165, 1.54) is 10.8 Å². The number of aromatic carboxylic acids is 1. The number of fused-ring (bicyclic) bond motifs is 1. The lowest BCUT2D eigenvalue weighted by Gasteiger charge is -2.06. The second-order valence-electron chi connectivity index (χ2n) is 4.73. The van der Waals surface area contributed by atoms with Gasteiger partial charge in [-0.3, -0.25) is 9.36 Å². The minimum Gasteiger partial charge on any atom is -0.484 e. The van der Waals surface area contributed by atoms with Gasteiger partial charge in [0.15, 0.2) is 6.61 Å². The molecule has 0 unspecified atom stereocenters. The number of benzene rings is 2. The molecule has 1 N–H and O–H groups in total. The van der Waals surface area contributed by atoms with Gasteiger partial charge in [0.25, 0.3) is 5.91 Å². The lowest BCUT2D eigenvalue weighted by molar-refractivity contribution is 0.0699. The van der Waals surface area contributed by atoms with Gasteiger partial charge in [0.1, 0.15) is 5.75 Å². The van der Waals surface area contributed by atoms with Crippen molar-refractivity contribution in [2.45, 2.75) is 0 Å². The highest BCUT2D eigenvalue weighted by Crippen LogP contribution is 2.21. The molecule has 3 rings (SSSR count). The molecule has 5 heteroatoms. The first kappa shape index (κ1) is 13.9. The summed E-state index contributed by atoms with van der Waals surface area (Å²) in [5.41, 5.74) is 0.658. The Labute approximate surface area is 126 Å². The number of carboxylic acid groups (broad SMARTS) is 1. The molecule has 3 aromatic rings. The fraction of sp³-hybridized carbons (Fsp3) is 0.0588. The highest BCUT2D eigenvalue weighted by Gasteiger charge is 2.17. The topological polar surface area (TPSA) is 68.5 Å². The Morgan fingerprint density at radius 2 is 1.68 bits per heavy atom. The molecule has 0 aliphatic rings. The van der Waals surface area contributed by atoms with E-state index in [2.05, 4.69) is 0 Å². The van der Waals surface area contributed by atoms with Crippen molar-refractivity contribution in [3.63, 3.8) is 0 Å². The Hall–Kier alpha value is -3.08. The van der Waals surface area contributed by atoms with Crippen LogP contribution in [0.15, 0.2) is 60.8 Å². The smallest absolute Gasteiger partial charge is 0.337 e. The van der Waals surface area contributed by atoms with Gasteiger partial charge in [-0.15, -0.1) is 0 Å². The van der Waals surface area contributed by atoms with E-state index in [1.54, 1.807) is 36.4 Å². The number of aromatic nitrogens is 1. The Kier molecular flexibility index (Phi) is 3.62. The maximum atomic E-state index is 12.3. The van der Waals surface area contributed by atoms with Crippen molar-refractivity contribution in [1.29, 1.82) is 0 Å². The van der Waals surface area contributed by atoms with Crippen LogP contribution in [0.5, 0.6) is 5.75 Å². The van der Waals surface area contributed by atoms with Crippen molar-refractivity contribution in [2.75, 3.05) is 6.61 Å². The van der Waals surface area contributed by atoms with Crippen LogP contribution in [0.1, 0.15) is 15.2 Å². The van der Waals surface area contributed by atoms with Crippen LogP contribution in [0.25, 0.3) is 10.9 Å². The number of ether oxygens (including phenoxy) is 1. The van der Waals surface area contributed by atoms with Gasteiger partial charge in [0.05, 0.1) is 11.1 Å². The summed E-state index contributed by atoms with van der Waals surface area (Å²) >= 11 is 0. The van der Waals surface area contributed by atoms with Crippen LogP contribution in [-0.2, 0) is 0 Å². The van der Waals surface area contributed by atoms with Crippen molar-refractivity contribution in [2.24, 2.45) is 0 Å². The maximum absolute atomic E-state index is 12.3. The van der Waals surface area contributed by atoms with E-state index in [0.717, 1.165) is 0 Å². The molecule has 22 heavy (non-hydrogen) atoms. The minimum atomic E-state index is -1.06. The van der Waals surface area contributed by atoms with Crippen LogP contribution in [0.4, 0.5) is 0 Å². The van der Waals surface area contributed by atoms with Gasteiger partial charge >= 0.3 is 5.97 Å². The van der Waals surface area contributed by atoms with E-state index >= 15 is 0 Å². The molecular formula is C17H13NO4. The number of hydrogen-bond acceptors (Lipinski definition) is 3. The zero-order valence-corrected chi connectivity index (χ0v) is 11.6. The molecule has 2 aromatic carbocycles. The molecule has 0 bridgehead atoms. The van der Waals surface area contributed by atoms with Crippen LogP contribution in [0, 0.1) is 0 Å². The number of rotatable bonds is 4. The first-order valence-corrected chi connectivity index (χ1v) is 6.71. The molecular weight excluding hydrogens is 282 g/mol. The summed E-state index contributed by atoms with van der Waals surface area (Å²) in [6.45, 7) is -0.165. The highest BCUT2D eigenvalue weighted by atomic mass is 16.5. The van der Waals surface area contributed by atoms with Crippen LogP contribution in [0.3, 0.4) is 0 Å². The van der Waals surface area contributed by atoms with Gasteiger partial charge in [0, 0.05) is 11.6 Å². The van der Waals surface area contributed by atoms with E-state index in [4.69, 9.17) is 4.74 Å². The van der Waals surface area contributed by atoms with Crippen molar-refractivity contribution < 1.29 is 19.4 Å². The molecule has 0 fully saturated rings. The second kappa shape index (κ2) is 5.73. The molecule has 1 aromatic heterocycles. The fourth-order valence-electron chi connectivity index (χ4n) is 2.29. The lowest BCUT2D eigenvalue weighted by atomic mass is 10.2. The molecule has 1 heterocycles. The van der Waals surface area contributed by atoms with Crippen LogP contribution < -0.4 is 4.74 Å². The predicted molar refractivity (Wildman–Crippen MR) is 81.5 cm³/mol. The molecule has 0 saturated heterocycles. The van der Waals surface area contributed by atoms with Crippen molar-refractivity contribution in [3.05, 3.63) is 66.4 Å². The molecule has 110 valence electrons. The van der Waals surface area contributed by atoms with Crippen molar-refractivity contribution in [3.8, 4) is 5.75 Å². The summed E-state index contributed by atoms with van der Waals surface area (Å²) < 4.78 is 6.74. The van der Waals surface area contributed by atoms with Crippen LogP contribution in [0.2, 0.25) is 0 Å². The van der Waals surface area contributed by atoms with E-state index < -0.39 is 5.97 Å². The van der Waals surface area contributed by atoms with Crippen molar-refractivity contribution >= 4 is 22.8 Å². The summed E-state index contributed by atoms with van der Waals surface area (Å²) in [5.74, 6) is -0.801. The summed E-state index contributed by atoms with van der Waals surface area (Å²) in [6, 6.07) is 15.9. The number of hydrogen-bond donors (Lipinski definition) is 1. The number of carbonyl (C=O) groups excluding carboxylic acids is 1. The quantitative estimate of drug-likeness (QED) is 0.803. The average Bonchev–Trinajstić information content (AvgIpc) is 2.93. The highest BCUT2D eigenvalue weighted by molar-refractivity contribution is 6.06. The SMILES string of the molecule is O=C(O)c1cn(C(=O)COc2ccccc2)c2ccccc12. The Morgan fingerprint density at radius 1 is 1.00 bits per heavy atom. The zero-order chi connectivity index (χ0) is 15.5. The standard InChI is InChI=1S/C17H13NO4/c19-16(11-22-12-6-2-1-3-7-12)18-10-14(17(20)21)13-8-4-5-9-15(13)18/h1-10H,11H2,(H,20,21). The molecule has 0 spiro atoms. The van der Waals surface area contributed by atoms with E-state index in [-0.39, 0.29) is 18.1 Å². The molecule has 0 saturated carbocycles. The first-order valence-electron chi connectivity index (χ1n) is 6.71. The minimum absolute atomic E-state index is 0.101. The molecule has 0 atom stereocenters. The monoisotopic (exact) mass is 295 g/mol. The molecule has 0 aliphatic carbocycles. The van der Waals surface area contributed by atoms with Crippen LogP contribution >= 0.6 is 0 Å². The van der Waals surface area contributed by atoms with Gasteiger partial charge in [-0.05, 0) is 18.2 Å². The summed E-state index contributed by atoms with van der Waals surface area (Å²) in [6.07, 6.45) is 1.34. The van der Waals surface area contributed by atoms with Gasteiger partial charge in [-0.1, -0.05) is 36.4 Å². The van der Waals surface area contributed by atoms with E-state index in [0.29, 0.717) is 16.7 Å². The van der Waals surface area contributed by atoms with Gasteiger partial charge in [0.2, 0.25) is 0 Å². The van der Waals surface area contributed by atoms with Gasteiger partial charge in [-0.2, -0.15) is 0 Å². The largest absolute Gasteiger partial charge is 0.484 e. The van der Waals surface area contributed by atoms with Gasteiger partial charge in [-0.25, -0.2) is 4.79 Å². The molecule has 0 aliphatic heterocycles. The van der Waals surface area contributed by atoms with E-state index in [1.807, 2.05) is 18.2 Å². The molecule has 0 radical (unpaired) electrons.